The van der Waals surface area contributed by atoms with E-state index < -0.39 is 28.0 Å². The lowest BCUT2D eigenvalue weighted by Gasteiger charge is -2.39. The third-order valence-corrected chi connectivity index (χ3v) is 28.9. The highest BCUT2D eigenvalue weighted by molar-refractivity contribution is 6.90. The SMILES string of the molecule is CC(C)[Si](C#Cc1c(F)ccc2cc(N=C(c3ccccc3)c3ccccc3)cc(-c3nc4c5c(nc(OC[C@@]67CCCN6[C@H](CO[Si](C)(C)C(C)(C)C)CC7)nc5c3F)N3CCCOC[C@@H]3CC4)c12)(C(C)C)C(C)C. The maximum absolute atomic E-state index is 18.7. The zero-order valence-corrected chi connectivity index (χ0v) is 48.8. The topological polar surface area (TPSA) is 85.2 Å². The van der Waals surface area contributed by atoms with Gasteiger partial charge in [-0.25, -0.2) is 18.8 Å². The number of hydrogen-bond acceptors (Lipinski definition) is 9. The van der Waals surface area contributed by atoms with Crippen LogP contribution in [-0.4, -0.2) is 99.1 Å². The van der Waals surface area contributed by atoms with Gasteiger partial charge in [-0.1, -0.05) is 135 Å². The highest BCUT2D eigenvalue weighted by atomic mass is 28.4. The summed E-state index contributed by atoms with van der Waals surface area (Å²) in [5.41, 5.74) is 9.28. The molecule has 0 radical (unpaired) electrons. The van der Waals surface area contributed by atoms with E-state index in [1.54, 1.807) is 6.07 Å². The minimum atomic E-state index is -2.36. The number of rotatable bonds is 13. The Balaban J connectivity index is 1.17. The molecule has 10 rings (SSSR count). The zero-order valence-electron chi connectivity index (χ0n) is 46.8. The smallest absolute Gasteiger partial charge is 0.319 e. The van der Waals surface area contributed by atoms with Crippen LogP contribution in [-0.2, 0) is 15.6 Å². The highest BCUT2D eigenvalue weighted by Gasteiger charge is 2.51. The Morgan fingerprint density at radius 3 is 2.21 bits per heavy atom. The predicted molar refractivity (Wildman–Crippen MR) is 312 cm³/mol. The van der Waals surface area contributed by atoms with E-state index in [4.69, 9.17) is 33.8 Å². The Hall–Kier alpha value is -5.37. The number of aliphatic imine (C=N–C) groups is 1. The second kappa shape index (κ2) is 21.5. The highest BCUT2D eigenvalue weighted by Crippen LogP contribution is 2.47. The molecule has 6 aromatic rings. The van der Waals surface area contributed by atoms with E-state index in [2.05, 4.69) is 96.7 Å². The van der Waals surface area contributed by atoms with Gasteiger partial charge in [-0.15, -0.1) is 5.54 Å². The summed E-state index contributed by atoms with van der Waals surface area (Å²) < 4.78 is 55.6. The quantitative estimate of drug-likeness (QED) is 0.0642. The van der Waals surface area contributed by atoms with Crippen LogP contribution in [0.25, 0.3) is 32.9 Å². The lowest BCUT2D eigenvalue weighted by atomic mass is 9.94. The molecule has 3 fully saturated rings. The molecule has 0 aliphatic carbocycles. The van der Waals surface area contributed by atoms with Gasteiger partial charge in [-0.3, -0.25) is 4.90 Å². The van der Waals surface area contributed by atoms with Crippen LogP contribution in [0.15, 0.2) is 89.9 Å². The second-order valence-electron chi connectivity index (χ2n) is 24.5. The van der Waals surface area contributed by atoms with Crippen molar-refractivity contribution in [2.75, 3.05) is 44.4 Å². The minimum Gasteiger partial charge on any atom is -0.461 e. The van der Waals surface area contributed by atoms with Gasteiger partial charge in [0.1, 0.15) is 37.5 Å². The number of ether oxygens (including phenoxy) is 2. The van der Waals surface area contributed by atoms with E-state index in [-0.39, 0.29) is 39.4 Å². The number of halogens is 2. The molecule has 0 saturated carbocycles. The van der Waals surface area contributed by atoms with E-state index in [9.17, 15) is 0 Å². The van der Waals surface area contributed by atoms with Gasteiger partial charge in [0.15, 0.2) is 14.1 Å². The second-order valence-corrected chi connectivity index (χ2v) is 34.9. The van der Waals surface area contributed by atoms with Crippen molar-refractivity contribution in [3.8, 4) is 28.7 Å². The maximum atomic E-state index is 18.7. The maximum Gasteiger partial charge on any atom is 0.319 e. The molecule has 6 heterocycles. The Kier molecular flexibility index (Phi) is 15.2. The first-order valence-corrected chi connectivity index (χ1v) is 33.2. The van der Waals surface area contributed by atoms with Gasteiger partial charge < -0.3 is 18.8 Å². The van der Waals surface area contributed by atoms with Crippen molar-refractivity contribution >= 4 is 55.3 Å². The molecule has 4 aromatic carbocycles. The van der Waals surface area contributed by atoms with Gasteiger partial charge in [0.05, 0.1) is 46.2 Å². The van der Waals surface area contributed by atoms with Gasteiger partial charge in [0.2, 0.25) is 0 Å². The predicted octanol–water partition coefficient (Wildman–Crippen LogP) is 14.8. The first-order chi connectivity index (χ1) is 36.3. The van der Waals surface area contributed by atoms with E-state index in [0.29, 0.717) is 101 Å². The molecular weight excluding hydrogens is 983 g/mol. The monoisotopic (exact) mass is 1060 g/mol. The number of pyridine rings is 1. The van der Waals surface area contributed by atoms with Gasteiger partial charge in [-0.05, 0) is 110 Å². The first kappa shape index (κ1) is 54.0. The molecule has 0 bridgehead atoms. The fourth-order valence-electron chi connectivity index (χ4n) is 13.0. The van der Waals surface area contributed by atoms with Crippen molar-refractivity contribution < 1.29 is 22.7 Å². The van der Waals surface area contributed by atoms with Crippen LogP contribution in [0.4, 0.5) is 20.3 Å². The molecule has 3 saturated heterocycles. The third-order valence-electron chi connectivity index (χ3n) is 18.1. The summed E-state index contributed by atoms with van der Waals surface area (Å²) in [4.78, 5) is 25.9. The average molecular weight is 1060 g/mol. The summed E-state index contributed by atoms with van der Waals surface area (Å²) in [5, 5.41) is 1.90. The molecular formula is C63H78F2N6O3Si2. The standard InChI is InChI=1S/C63H78F2N6O3Si2/c1-41(2)76(42(3)4,43(5)6)35-29-50-52(64)26-24-46-36-47(66-57(44-20-14-12-15-21-44)45-22-16-13-17-23-45)37-51(54(46)50)58-56(65)59-55-53(67-58)27-25-48-38-72-34-19-32-70(48)60(55)69-61(68-59)73-40-63-30-18-33-71(63)49(28-31-63)39-74-75(10,11)62(7,8)9/h12-17,20-24,26,36-37,41-43,48-49H,18-19,25,27-28,30-34,38-40H2,1-11H3/t48-,49-,63-/m0/s1. The molecule has 0 amide bonds. The lowest BCUT2D eigenvalue weighted by Crippen LogP contribution is -2.50. The number of nitrogens with zero attached hydrogens (tertiary/aromatic N) is 6. The fraction of sp³-hybridized carbons (Fsp3) is 0.492. The van der Waals surface area contributed by atoms with Crippen molar-refractivity contribution in [1.29, 1.82) is 0 Å². The molecule has 0 unspecified atom stereocenters. The van der Waals surface area contributed by atoms with E-state index in [1.807, 2.05) is 72.8 Å². The molecule has 2 aromatic heterocycles. The van der Waals surface area contributed by atoms with Crippen LogP contribution < -0.4 is 9.64 Å². The van der Waals surface area contributed by atoms with Gasteiger partial charge in [-0.2, -0.15) is 9.97 Å². The number of anilines is 1. The summed E-state index contributed by atoms with van der Waals surface area (Å²) in [6.07, 6.45) is 6.14. The van der Waals surface area contributed by atoms with Crippen molar-refractivity contribution in [2.45, 2.75) is 160 Å². The van der Waals surface area contributed by atoms with Gasteiger partial charge >= 0.3 is 6.01 Å². The van der Waals surface area contributed by atoms with Crippen molar-refractivity contribution in [3.05, 3.63) is 119 Å². The van der Waals surface area contributed by atoms with Crippen LogP contribution >= 0.6 is 0 Å². The Labute approximate surface area is 452 Å². The molecule has 0 spiro atoms. The normalized spacial score (nSPS) is 20.2. The van der Waals surface area contributed by atoms with Crippen molar-refractivity contribution in [2.24, 2.45) is 4.99 Å². The molecule has 4 aliphatic rings. The Bertz CT molecular complexity index is 3140. The number of hydrogen-bond donors (Lipinski definition) is 0. The van der Waals surface area contributed by atoms with E-state index in [0.717, 1.165) is 61.9 Å². The molecule has 4 aliphatic heterocycles. The third kappa shape index (κ3) is 10.1. The molecule has 9 nitrogen and oxygen atoms in total. The van der Waals surface area contributed by atoms with Crippen LogP contribution in [0.3, 0.4) is 0 Å². The summed E-state index contributed by atoms with van der Waals surface area (Å²) >= 11 is 0. The minimum absolute atomic E-state index is 0.00858. The van der Waals surface area contributed by atoms with E-state index >= 15 is 8.78 Å². The molecule has 76 heavy (non-hydrogen) atoms. The Morgan fingerprint density at radius 1 is 0.842 bits per heavy atom. The molecule has 0 N–H and O–H groups in total. The fourth-order valence-corrected chi connectivity index (χ4v) is 19.3. The summed E-state index contributed by atoms with van der Waals surface area (Å²) in [7, 11) is -4.31. The average Bonchev–Trinajstić information content (AvgIpc) is 3.92. The van der Waals surface area contributed by atoms with Crippen LogP contribution in [0.2, 0.25) is 34.8 Å². The lowest BCUT2D eigenvalue weighted by molar-refractivity contribution is 0.0663. The zero-order chi connectivity index (χ0) is 53.7. The van der Waals surface area contributed by atoms with E-state index in [1.165, 1.54) is 6.07 Å². The number of benzene rings is 4. The Morgan fingerprint density at radius 2 is 1.54 bits per heavy atom. The molecule has 3 atom stereocenters. The number of fused-ring (bicyclic) bond motifs is 4. The largest absolute Gasteiger partial charge is 0.461 e. The van der Waals surface area contributed by atoms with Crippen LogP contribution in [0.5, 0.6) is 6.01 Å². The van der Waals surface area contributed by atoms with Crippen molar-refractivity contribution in [1.82, 2.24) is 19.9 Å². The number of aromatic nitrogens is 3. The van der Waals surface area contributed by atoms with Crippen LogP contribution in [0, 0.1) is 23.1 Å². The summed E-state index contributed by atoms with van der Waals surface area (Å²) in [6.45, 7) is 29.0. The van der Waals surface area contributed by atoms with Gasteiger partial charge in [0.25, 0.3) is 0 Å². The molecule has 13 heteroatoms. The summed E-state index contributed by atoms with van der Waals surface area (Å²) in [5.74, 6) is 3.04. The van der Waals surface area contributed by atoms with Crippen molar-refractivity contribution in [3.63, 3.8) is 0 Å². The summed E-state index contributed by atoms with van der Waals surface area (Å²) in [6, 6.07) is 27.7. The number of aryl methyl sites for hydroxylation is 1. The van der Waals surface area contributed by atoms with Crippen LogP contribution in [0.1, 0.15) is 123 Å². The first-order valence-electron chi connectivity index (χ1n) is 28.1. The molecule has 400 valence electrons. The van der Waals surface area contributed by atoms with Gasteiger partial charge in [0, 0.05) is 47.9 Å².